The van der Waals surface area contributed by atoms with Gasteiger partial charge in [-0.2, -0.15) is 0 Å². The third kappa shape index (κ3) is 4.14. The summed E-state index contributed by atoms with van der Waals surface area (Å²) in [6.45, 7) is 0. The Labute approximate surface area is 150 Å². The van der Waals surface area contributed by atoms with E-state index in [1.165, 1.54) is 0 Å². The maximum Gasteiger partial charge on any atom is 0.321 e. The molecule has 0 unspecified atom stereocenters. The van der Waals surface area contributed by atoms with Crippen molar-refractivity contribution >= 4 is 23.6 Å². The van der Waals surface area contributed by atoms with E-state index in [0.717, 1.165) is 28.7 Å². The molecule has 0 bridgehead atoms. The van der Waals surface area contributed by atoms with Crippen molar-refractivity contribution in [1.29, 1.82) is 0 Å². The lowest BCUT2D eigenvalue weighted by Gasteiger charge is -2.08. The molecule has 1 N–H and O–H groups in total. The van der Waals surface area contributed by atoms with E-state index < -0.39 is 0 Å². The van der Waals surface area contributed by atoms with E-state index in [4.69, 9.17) is 16.3 Å². The average molecular weight is 354 g/mol. The van der Waals surface area contributed by atoms with E-state index in [1.54, 1.807) is 30.6 Å². The van der Waals surface area contributed by atoms with Crippen LogP contribution < -0.4 is 10.1 Å². The third-order valence-corrected chi connectivity index (χ3v) is 3.95. The van der Waals surface area contributed by atoms with E-state index in [-0.39, 0.29) is 6.01 Å². The molecule has 0 aliphatic heterocycles. The number of rotatable bonds is 6. The Bertz CT molecular complexity index is 865. The summed E-state index contributed by atoms with van der Waals surface area (Å²) in [5.41, 5.74) is 3.77. The van der Waals surface area contributed by atoms with E-state index in [2.05, 4.69) is 15.3 Å². The Kier molecular flexibility index (Phi) is 5.26. The Hall–Kier alpha value is -2.92. The monoisotopic (exact) mass is 353 g/mol. The fraction of sp³-hybridized carbons (Fsp3) is 0.105. The highest BCUT2D eigenvalue weighted by atomic mass is 35.5. The first-order valence-corrected chi connectivity index (χ1v) is 8.07. The average Bonchev–Trinajstić information content (AvgIpc) is 2.65. The highest BCUT2D eigenvalue weighted by Crippen LogP contribution is 2.29. The van der Waals surface area contributed by atoms with Gasteiger partial charge in [-0.1, -0.05) is 29.8 Å². The van der Waals surface area contributed by atoms with Gasteiger partial charge in [-0.25, -0.2) is 9.97 Å². The molecule has 0 fully saturated rings. The van der Waals surface area contributed by atoms with Crippen molar-refractivity contribution < 1.29 is 9.53 Å². The van der Waals surface area contributed by atoms with Crippen LogP contribution in [0.2, 0.25) is 5.02 Å². The van der Waals surface area contributed by atoms with Gasteiger partial charge in [0.25, 0.3) is 0 Å². The number of carbonyl (C=O) groups is 1. The van der Waals surface area contributed by atoms with Crippen LogP contribution in [0.25, 0.3) is 11.1 Å². The molecule has 6 heteroatoms. The predicted molar refractivity (Wildman–Crippen MR) is 98.3 cm³/mol. The number of aromatic nitrogens is 2. The van der Waals surface area contributed by atoms with Crippen LogP contribution in [-0.2, 0) is 11.2 Å². The summed E-state index contributed by atoms with van der Waals surface area (Å²) in [4.78, 5) is 19.0. The van der Waals surface area contributed by atoms with Crippen LogP contribution in [0.3, 0.4) is 0 Å². The van der Waals surface area contributed by atoms with Gasteiger partial charge in [-0.15, -0.1) is 0 Å². The van der Waals surface area contributed by atoms with Crippen molar-refractivity contribution in [3.05, 3.63) is 65.4 Å². The SMILES string of the molecule is CNc1ccc(-c2cnc(Oc3ccc(CC=O)cc3Cl)nc2)cc1. The van der Waals surface area contributed by atoms with E-state index >= 15 is 0 Å². The summed E-state index contributed by atoms with van der Waals surface area (Å²) in [7, 11) is 1.88. The third-order valence-electron chi connectivity index (χ3n) is 3.65. The van der Waals surface area contributed by atoms with Crippen LogP contribution in [0.5, 0.6) is 11.8 Å². The molecule has 0 aliphatic rings. The molecule has 0 saturated carbocycles. The molecule has 1 aromatic heterocycles. The van der Waals surface area contributed by atoms with Crippen molar-refractivity contribution in [3.63, 3.8) is 0 Å². The Balaban J connectivity index is 1.75. The summed E-state index contributed by atoms with van der Waals surface area (Å²) in [5.74, 6) is 0.447. The van der Waals surface area contributed by atoms with Crippen molar-refractivity contribution in [1.82, 2.24) is 9.97 Å². The second-order valence-electron chi connectivity index (χ2n) is 5.32. The number of aldehydes is 1. The van der Waals surface area contributed by atoms with Crippen molar-refractivity contribution in [2.75, 3.05) is 12.4 Å². The van der Waals surface area contributed by atoms with Gasteiger partial charge in [-0.05, 0) is 35.4 Å². The number of benzene rings is 2. The number of carbonyl (C=O) groups excluding carboxylic acids is 1. The van der Waals surface area contributed by atoms with Gasteiger partial charge in [0.1, 0.15) is 12.0 Å². The molecular formula is C19H16ClN3O2. The summed E-state index contributed by atoms with van der Waals surface area (Å²) < 4.78 is 5.62. The second kappa shape index (κ2) is 7.77. The molecule has 25 heavy (non-hydrogen) atoms. The molecular weight excluding hydrogens is 338 g/mol. The Morgan fingerprint density at radius 3 is 2.40 bits per heavy atom. The number of halogens is 1. The van der Waals surface area contributed by atoms with E-state index in [0.29, 0.717) is 17.2 Å². The molecule has 0 aliphatic carbocycles. The fourth-order valence-corrected chi connectivity index (χ4v) is 2.54. The molecule has 3 aromatic rings. The van der Waals surface area contributed by atoms with Gasteiger partial charge >= 0.3 is 6.01 Å². The largest absolute Gasteiger partial charge is 0.423 e. The van der Waals surface area contributed by atoms with Crippen molar-refractivity contribution in [3.8, 4) is 22.9 Å². The summed E-state index contributed by atoms with van der Waals surface area (Å²) >= 11 is 6.17. The van der Waals surface area contributed by atoms with Crippen LogP contribution >= 0.6 is 11.6 Å². The first-order chi connectivity index (χ1) is 12.2. The number of hydrogen-bond donors (Lipinski definition) is 1. The maximum atomic E-state index is 10.5. The first-order valence-electron chi connectivity index (χ1n) is 7.70. The Morgan fingerprint density at radius 2 is 1.80 bits per heavy atom. The highest BCUT2D eigenvalue weighted by Gasteiger charge is 2.07. The van der Waals surface area contributed by atoms with Gasteiger partial charge in [-0.3, -0.25) is 0 Å². The van der Waals surface area contributed by atoms with Gasteiger partial charge in [0.05, 0.1) is 5.02 Å². The van der Waals surface area contributed by atoms with Crippen LogP contribution in [0, 0.1) is 0 Å². The minimum absolute atomic E-state index is 0.209. The fourth-order valence-electron chi connectivity index (χ4n) is 2.30. The van der Waals surface area contributed by atoms with Gasteiger partial charge in [0, 0.05) is 37.1 Å². The predicted octanol–water partition coefficient (Wildman–Crippen LogP) is 4.37. The zero-order valence-electron chi connectivity index (χ0n) is 13.6. The Morgan fingerprint density at radius 1 is 1.08 bits per heavy atom. The molecule has 3 rings (SSSR count). The molecule has 0 spiro atoms. The summed E-state index contributed by atoms with van der Waals surface area (Å²) in [5, 5.41) is 3.49. The normalized spacial score (nSPS) is 10.3. The van der Waals surface area contributed by atoms with Crippen molar-refractivity contribution in [2.24, 2.45) is 0 Å². The van der Waals surface area contributed by atoms with Crippen LogP contribution in [-0.4, -0.2) is 23.3 Å². The van der Waals surface area contributed by atoms with Gasteiger partial charge in [0.2, 0.25) is 0 Å². The number of hydrogen-bond acceptors (Lipinski definition) is 5. The topological polar surface area (TPSA) is 64.1 Å². The lowest BCUT2D eigenvalue weighted by molar-refractivity contribution is -0.107. The zero-order valence-corrected chi connectivity index (χ0v) is 14.3. The van der Waals surface area contributed by atoms with Crippen LogP contribution in [0.1, 0.15) is 5.56 Å². The molecule has 0 atom stereocenters. The van der Waals surface area contributed by atoms with Crippen LogP contribution in [0.15, 0.2) is 54.9 Å². The first kappa shape index (κ1) is 16.9. The van der Waals surface area contributed by atoms with Crippen molar-refractivity contribution in [2.45, 2.75) is 6.42 Å². The number of nitrogens with one attached hydrogen (secondary N) is 1. The van der Waals surface area contributed by atoms with E-state index in [9.17, 15) is 4.79 Å². The molecule has 0 amide bonds. The lowest BCUT2D eigenvalue weighted by atomic mass is 10.1. The maximum absolute atomic E-state index is 10.5. The summed E-state index contributed by atoms with van der Waals surface area (Å²) in [6.07, 6.45) is 4.55. The molecule has 1 heterocycles. The van der Waals surface area contributed by atoms with Gasteiger partial charge in [0.15, 0.2) is 0 Å². The molecule has 5 nitrogen and oxygen atoms in total. The molecule has 0 radical (unpaired) electrons. The molecule has 126 valence electrons. The molecule has 2 aromatic carbocycles. The minimum Gasteiger partial charge on any atom is -0.423 e. The summed E-state index contributed by atoms with van der Waals surface area (Å²) in [6, 6.07) is 13.4. The molecule has 0 saturated heterocycles. The zero-order chi connectivity index (χ0) is 17.6. The quantitative estimate of drug-likeness (QED) is 0.666. The number of nitrogens with zero attached hydrogens (tertiary/aromatic N) is 2. The minimum atomic E-state index is 0.209. The smallest absolute Gasteiger partial charge is 0.321 e. The number of ether oxygens (including phenoxy) is 1. The lowest BCUT2D eigenvalue weighted by Crippen LogP contribution is -1.94. The standard InChI is InChI=1S/C19H16ClN3O2/c1-21-16-5-3-14(4-6-16)15-11-22-19(23-12-15)25-18-7-2-13(8-9-24)10-17(18)20/h2-7,9-12,21H,8H2,1H3. The number of anilines is 1. The highest BCUT2D eigenvalue weighted by molar-refractivity contribution is 6.32. The van der Waals surface area contributed by atoms with E-state index in [1.807, 2.05) is 31.3 Å². The second-order valence-corrected chi connectivity index (χ2v) is 5.73. The van der Waals surface area contributed by atoms with Gasteiger partial charge < -0.3 is 14.8 Å². The van der Waals surface area contributed by atoms with Crippen LogP contribution in [0.4, 0.5) is 5.69 Å².